The molecule has 0 unspecified atom stereocenters. The number of ether oxygens (including phenoxy) is 1. The van der Waals surface area contributed by atoms with Gasteiger partial charge >= 0.3 is 11.6 Å². The summed E-state index contributed by atoms with van der Waals surface area (Å²) in [7, 11) is 1.35. The second-order valence-corrected chi connectivity index (χ2v) is 10.6. The number of nitrogens with one attached hydrogen (secondary N) is 1. The molecule has 0 aliphatic heterocycles. The van der Waals surface area contributed by atoms with E-state index in [-0.39, 0.29) is 15.8 Å². The Bertz CT molecular complexity index is 1960. The molecule has 0 fully saturated rings. The number of rotatable bonds is 7. The Kier molecular flexibility index (Phi) is 7.21. The molecule has 0 spiro atoms. The van der Waals surface area contributed by atoms with Crippen molar-refractivity contribution in [2.75, 3.05) is 12.4 Å². The van der Waals surface area contributed by atoms with Crippen LogP contribution in [0.2, 0.25) is 0 Å². The predicted octanol–water partition coefficient (Wildman–Crippen LogP) is 5.96. The van der Waals surface area contributed by atoms with E-state index in [2.05, 4.69) is 10.4 Å². The summed E-state index contributed by atoms with van der Waals surface area (Å²) >= 11 is 6.34. The summed E-state index contributed by atoms with van der Waals surface area (Å²) in [5, 5.41) is 20.3. The van der Waals surface area contributed by atoms with Gasteiger partial charge in [0.15, 0.2) is 11.6 Å². The average molecular weight is 593 g/mol. The van der Waals surface area contributed by atoms with Crippen molar-refractivity contribution in [3.05, 3.63) is 113 Å². The zero-order valence-electron chi connectivity index (χ0n) is 21.9. The quantitative estimate of drug-likeness (QED) is 0.103. The van der Waals surface area contributed by atoms with Gasteiger partial charge in [0.1, 0.15) is 5.82 Å². The lowest BCUT2D eigenvalue weighted by Crippen LogP contribution is -2.46. The summed E-state index contributed by atoms with van der Waals surface area (Å²) in [6.45, 7) is 0. The van der Waals surface area contributed by atoms with Crippen molar-refractivity contribution in [1.82, 2.24) is 15.1 Å². The maximum Gasteiger partial charge on any atom is 0.449 e. The Morgan fingerprint density at radius 1 is 0.952 bits per heavy atom. The first-order valence-corrected chi connectivity index (χ1v) is 13.8. The standard InChI is InChI=1S/C30H20N6O4S2/c1-40-25-16-13-20(17-24(25)36(38)39)29-35(34-30(41)42-29)28(37)19-11-14-21(15-12-19)31-27-22-9-5-6-10-23(22)32-26(33-27)18-7-3-2-4-8-18/h2-17H,1H3,(H-,31,32,33,34,37,41). The number of nitro groups is 1. The third-order valence-corrected chi connectivity index (χ3v) is 7.59. The van der Waals surface area contributed by atoms with Gasteiger partial charge in [-0.2, -0.15) is 0 Å². The molecule has 0 bridgehead atoms. The molecule has 2 aromatic heterocycles. The first-order valence-electron chi connectivity index (χ1n) is 12.6. The number of hydrogen-bond donors (Lipinski definition) is 1. The average Bonchev–Trinajstić information content (AvgIpc) is 3.42. The molecule has 0 atom stereocenters. The van der Waals surface area contributed by atoms with Crippen LogP contribution in [0.4, 0.5) is 17.2 Å². The minimum absolute atomic E-state index is 0.111. The van der Waals surface area contributed by atoms with E-state index >= 15 is 0 Å². The predicted molar refractivity (Wildman–Crippen MR) is 161 cm³/mol. The molecule has 0 saturated carbocycles. The monoisotopic (exact) mass is 592 g/mol. The van der Waals surface area contributed by atoms with Crippen molar-refractivity contribution in [2.45, 2.75) is 4.34 Å². The van der Waals surface area contributed by atoms with Gasteiger partial charge in [0.2, 0.25) is 5.01 Å². The van der Waals surface area contributed by atoms with Crippen LogP contribution in [0, 0.1) is 10.1 Å². The van der Waals surface area contributed by atoms with E-state index in [4.69, 9.17) is 27.3 Å². The Hall–Kier alpha value is -5.33. The number of hydrogen-bond acceptors (Lipinski definition) is 10. The summed E-state index contributed by atoms with van der Waals surface area (Å²) in [5.74, 6) is 0.905. The number of benzene rings is 4. The van der Waals surface area contributed by atoms with E-state index in [1.165, 1.54) is 23.9 Å². The van der Waals surface area contributed by atoms with E-state index in [0.717, 1.165) is 27.8 Å². The van der Waals surface area contributed by atoms with Crippen LogP contribution in [0.3, 0.4) is 0 Å². The minimum atomic E-state index is -0.542. The fourth-order valence-corrected chi connectivity index (χ4v) is 5.46. The van der Waals surface area contributed by atoms with E-state index in [9.17, 15) is 14.9 Å². The SMILES string of the molecule is COc1ccc(-c2sc([S-])n[n+]2C(=O)c2ccc(Nc3nc(-c4ccccc4)nc4ccccc34)cc2)cc1[N+](=O)[O-]. The molecule has 2 heterocycles. The fourth-order valence-electron chi connectivity index (χ4n) is 4.40. The molecule has 0 radical (unpaired) electrons. The highest BCUT2D eigenvalue weighted by atomic mass is 32.2. The molecule has 0 amide bonds. The molecule has 0 saturated heterocycles. The largest absolute Gasteiger partial charge is 0.490 e. The van der Waals surface area contributed by atoms with Gasteiger partial charge in [-0.3, -0.25) is 21.5 Å². The van der Waals surface area contributed by atoms with E-state index < -0.39 is 10.8 Å². The normalized spacial score (nSPS) is 10.9. The molecular weight excluding hydrogens is 573 g/mol. The van der Waals surface area contributed by atoms with Gasteiger partial charge in [0, 0.05) is 32.6 Å². The van der Waals surface area contributed by atoms with Crippen LogP contribution < -0.4 is 14.7 Å². The summed E-state index contributed by atoms with van der Waals surface area (Å²) in [4.78, 5) is 34.0. The van der Waals surface area contributed by atoms with Crippen LogP contribution in [0.15, 0.2) is 101 Å². The fraction of sp³-hybridized carbons (Fsp3) is 0.0333. The van der Waals surface area contributed by atoms with Gasteiger partial charge in [0.05, 0.1) is 23.1 Å². The van der Waals surface area contributed by atoms with Crippen LogP contribution in [-0.2, 0) is 12.6 Å². The zero-order valence-corrected chi connectivity index (χ0v) is 23.6. The molecule has 42 heavy (non-hydrogen) atoms. The molecule has 1 N–H and O–H groups in total. The Balaban J connectivity index is 1.31. The van der Waals surface area contributed by atoms with E-state index in [1.807, 2.05) is 54.6 Å². The minimum Gasteiger partial charge on any atom is -0.490 e. The number of aromatic nitrogens is 4. The molecule has 6 rings (SSSR count). The summed E-state index contributed by atoms with van der Waals surface area (Å²) < 4.78 is 6.49. The molecule has 4 aromatic carbocycles. The number of nitrogens with zero attached hydrogens (tertiary/aromatic N) is 5. The van der Waals surface area contributed by atoms with Crippen LogP contribution in [0.5, 0.6) is 5.75 Å². The third kappa shape index (κ3) is 5.23. The summed E-state index contributed by atoms with van der Waals surface area (Å²) in [6.07, 6.45) is 0. The van der Waals surface area contributed by atoms with Gasteiger partial charge in [0.25, 0.3) is 0 Å². The second-order valence-electron chi connectivity index (χ2n) is 9.02. The first kappa shape index (κ1) is 26.9. The zero-order chi connectivity index (χ0) is 29.2. The van der Waals surface area contributed by atoms with Gasteiger partial charge in [-0.1, -0.05) is 42.5 Å². The number of anilines is 2. The van der Waals surface area contributed by atoms with Gasteiger partial charge in [-0.05, 0) is 58.3 Å². The van der Waals surface area contributed by atoms with Crippen molar-refractivity contribution < 1.29 is 19.1 Å². The lowest BCUT2D eigenvalue weighted by Gasteiger charge is -2.11. The Morgan fingerprint density at radius 3 is 2.43 bits per heavy atom. The van der Waals surface area contributed by atoms with Crippen LogP contribution in [-0.4, -0.2) is 33.0 Å². The highest BCUT2D eigenvalue weighted by Gasteiger charge is 2.27. The van der Waals surface area contributed by atoms with Crippen LogP contribution in [0.1, 0.15) is 10.4 Å². The molecule has 12 heteroatoms. The van der Waals surface area contributed by atoms with Crippen LogP contribution >= 0.6 is 11.3 Å². The first-order chi connectivity index (χ1) is 20.4. The number of carbonyl (C=O) groups is 1. The van der Waals surface area contributed by atoms with Crippen molar-refractivity contribution in [1.29, 1.82) is 0 Å². The maximum absolute atomic E-state index is 13.5. The second kappa shape index (κ2) is 11.3. The molecule has 0 aliphatic carbocycles. The number of para-hydroxylation sites is 1. The van der Waals surface area contributed by atoms with Crippen molar-refractivity contribution >= 4 is 58.0 Å². The van der Waals surface area contributed by atoms with E-state index in [1.54, 1.807) is 30.3 Å². The highest BCUT2D eigenvalue weighted by Crippen LogP contribution is 2.33. The van der Waals surface area contributed by atoms with Crippen molar-refractivity contribution in [2.24, 2.45) is 0 Å². The van der Waals surface area contributed by atoms with Crippen LogP contribution in [0.25, 0.3) is 32.9 Å². The van der Waals surface area contributed by atoms with Gasteiger partial charge < -0.3 is 22.7 Å². The van der Waals surface area contributed by atoms with Crippen molar-refractivity contribution in [3.8, 4) is 27.7 Å². The Morgan fingerprint density at radius 2 is 1.69 bits per heavy atom. The number of fused-ring (bicyclic) bond motifs is 1. The molecular formula is C30H20N6O4S2. The van der Waals surface area contributed by atoms with E-state index in [0.29, 0.717) is 33.5 Å². The Labute approximate surface area is 248 Å². The van der Waals surface area contributed by atoms with Gasteiger partial charge in [-0.25, -0.2) is 14.8 Å². The number of carbonyl (C=O) groups excluding carboxylic acids is 1. The number of nitro benzene ring substituents is 1. The molecule has 6 aromatic rings. The molecule has 0 aliphatic rings. The summed E-state index contributed by atoms with van der Waals surface area (Å²) in [5.41, 5.74) is 2.96. The lowest BCUT2D eigenvalue weighted by atomic mass is 10.1. The highest BCUT2D eigenvalue weighted by molar-refractivity contribution is 7.62. The van der Waals surface area contributed by atoms with Crippen molar-refractivity contribution in [3.63, 3.8) is 0 Å². The molecule has 10 nitrogen and oxygen atoms in total. The smallest absolute Gasteiger partial charge is 0.449 e. The topological polar surface area (TPSA) is 124 Å². The summed E-state index contributed by atoms with van der Waals surface area (Å²) in [6, 6.07) is 28.8. The van der Waals surface area contributed by atoms with Gasteiger partial charge in [-0.15, -0.1) is 0 Å². The molecule has 206 valence electrons. The lowest BCUT2D eigenvalue weighted by molar-refractivity contribution is -0.621. The number of methoxy groups -OCH3 is 1. The third-order valence-electron chi connectivity index (χ3n) is 6.40. The maximum atomic E-state index is 13.5.